The van der Waals surface area contributed by atoms with Crippen molar-refractivity contribution in [2.45, 2.75) is 6.54 Å². The Bertz CT molecular complexity index is 551. The molecule has 0 saturated heterocycles. The molecule has 1 aliphatic rings. The van der Waals surface area contributed by atoms with E-state index in [0.29, 0.717) is 6.54 Å². The second kappa shape index (κ2) is 3.41. The number of aromatic nitrogens is 2. The van der Waals surface area contributed by atoms with E-state index in [2.05, 4.69) is 15.3 Å². The average Bonchev–Trinajstić information content (AvgIpc) is 2.73. The SMILES string of the molecule is O=C1NCc2c1cccc2-c1ccncn1. The number of fused-ring (bicyclic) bond motifs is 1. The molecule has 4 heteroatoms. The van der Waals surface area contributed by atoms with Crippen LogP contribution in [0.3, 0.4) is 0 Å². The zero-order valence-corrected chi connectivity index (χ0v) is 8.47. The quantitative estimate of drug-likeness (QED) is 0.775. The largest absolute Gasteiger partial charge is 0.348 e. The molecule has 0 bridgehead atoms. The summed E-state index contributed by atoms with van der Waals surface area (Å²) < 4.78 is 0. The highest BCUT2D eigenvalue weighted by Crippen LogP contribution is 2.27. The van der Waals surface area contributed by atoms with Crippen LogP contribution in [0.2, 0.25) is 0 Å². The van der Waals surface area contributed by atoms with Crippen LogP contribution in [-0.4, -0.2) is 15.9 Å². The van der Waals surface area contributed by atoms with Gasteiger partial charge in [0, 0.05) is 23.9 Å². The summed E-state index contributed by atoms with van der Waals surface area (Å²) in [6.45, 7) is 0.578. The van der Waals surface area contributed by atoms with E-state index in [1.54, 1.807) is 6.20 Å². The third-order valence-corrected chi connectivity index (χ3v) is 2.70. The number of amides is 1. The Morgan fingerprint density at radius 2 is 2.06 bits per heavy atom. The van der Waals surface area contributed by atoms with E-state index in [0.717, 1.165) is 22.4 Å². The van der Waals surface area contributed by atoms with Crippen LogP contribution in [0.25, 0.3) is 11.3 Å². The molecule has 1 N–H and O–H groups in total. The summed E-state index contributed by atoms with van der Waals surface area (Å²) in [5, 5.41) is 2.81. The number of carbonyl (C=O) groups is 1. The minimum Gasteiger partial charge on any atom is -0.348 e. The van der Waals surface area contributed by atoms with Crippen molar-refractivity contribution in [3.05, 3.63) is 47.9 Å². The van der Waals surface area contributed by atoms with Gasteiger partial charge in [0.1, 0.15) is 6.33 Å². The number of nitrogens with one attached hydrogen (secondary N) is 1. The summed E-state index contributed by atoms with van der Waals surface area (Å²) in [4.78, 5) is 19.6. The van der Waals surface area contributed by atoms with Crippen LogP contribution in [0.5, 0.6) is 0 Å². The first-order valence-corrected chi connectivity index (χ1v) is 5.03. The molecule has 3 rings (SSSR count). The van der Waals surface area contributed by atoms with Crippen molar-refractivity contribution in [1.82, 2.24) is 15.3 Å². The normalized spacial score (nSPS) is 13.4. The van der Waals surface area contributed by atoms with Crippen molar-refractivity contribution in [3.8, 4) is 11.3 Å². The molecule has 16 heavy (non-hydrogen) atoms. The van der Waals surface area contributed by atoms with E-state index in [1.807, 2.05) is 24.3 Å². The van der Waals surface area contributed by atoms with Crippen LogP contribution >= 0.6 is 0 Å². The predicted octanol–water partition coefficient (Wildman–Crippen LogP) is 1.39. The third kappa shape index (κ3) is 1.27. The zero-order valence-electron chi connectivity index (χ0n) is 8.47. The Morgan fingerprint density at radius 1 is 1.19 bits per heavy atom. The minimum absolute atomic E-state index is 0.00842. The zero-order chi connectivity index (χ0) is 11.0. The second-order valence-electron chi connectivity index (χ2n) is 3.61. The highest BCUT2D eigenvalue weighted by molar-refractivity contribution is 6.00. The van der Waals surface area contributed by atoms with Crippen LogP contribution in [0.15, 0.2) is 36.8 Å². The summed E-state index contributed by atoms with van der Waals surface area (Å²) in [5.74, 6) is -0.00842. The predicted molar refractivity (Wildman–Crippen MR) is 58.6 cm³/mol. The van der Waals surface area contributed by atoms with Gasteiger partial charge in [0.15, 0.2) is 0 Å². The fraction of sp³-hybridized carbons (Fsp3) is 0.0833. The summed E-state index contributed by atoms with van der Waals surface area (Å²) >= 11 is 0. The van der Waals surface area contributed by atoms with Crippen LogP contribution < -0.4 is 5.32 Å². The number of rotatable bonds is 1. The van der Waals surface area contributed by atoms with E-state index in [4.69, 9.17) is 0 Å². The fourth-order valence-electron chi connectivity index (χ4n) is 1.94. The van der Waals surface area contributed by atoms with Crippen molar-refractivity contribution in [1.29, 1.82) is 0 Å². The molecule has 0 radical (unpaired) electrons. The van der Waals surface area contributed by atoms with Crippen LogP contribution in [0, 0.1) is 0 Å². The maximum Gasteiger partial charge on any atom is 0.251 e. The highest BCUT2D eigenvalue weighted by Gasteiger charge is 2.21. The first kappa shape index (κ1) is 9.03. The Balaban J connectivity index is 2.20. The van der Waals surface area contributed by atoms with Gasteiger partial charge in [-0.15, -0.1) is 0 Å². The molecule has 0 aliphatic carbocycles. The van der Waals surface area contributed by atoms with E-state index < -0.39 is 0 Å². The monoisotopic (exact) mass is 211 g/mol. The van der Waals surface area contributed by atoms with Gasteiger partial charge in [-0.25, -0.2) is 9.97 Å². The topological polar surface area (TPSA) is 54.9 Å². The van der Waals surface area contributed by atoms with Crippen molar-refractivity contribution in [2.75, 3.05) is 0 Å². The highest BCUT2D eigenvalue weighted by atomic mass is 16.1. The van der Waals surface area contributed by atoms with Gasteiger partial charge in [0.2, 0.25) is 0 Å². The molecular weight excluding hydrogens is 202 g/mol. The molecule has 0 atom stereocenters. The standard InChI is InChI=1S/C12H9N3O/c16-12-9-3-1-2-8(10(9)6-14-12)11-4-5-13-7-15-11/h1-5,7H,6H2,(H,14,16). The molecule has 1 amide bonds. The second-order valence-corrected chi connectivity index (χ2v) is 3.61. The number of hydrogen-bond donors (Lipinski definition) is 1. The van der Waals surface area contributed by atoms with Gasteiger partial charge in [-0.3, -0.25) is 4.79 Å². The number of nitrogens with zero attached hydrogens (tertiary/aromatic N) is 2. The summed E-state index contributed by atoms with van der Waals surface area (Å²) in [6.07, 6.45) is 3.21. The minimum atomic E-state index is -0.00842. The molecule has 1 aromatic carbocycles. The van der Waals surface area contributed by atoms with Crippen LogP contribution in [-0.2, 0) is 6.54 Å². The number of carbonyl (C=O) groups excluding carboxylic acids is 1. The number of hydrogen-bond acceptors (Lipinski definition) is 3. The molecule has 0 fully saturated rings. The first-order chi connectivity index (χ1) is 7.86. The van der Waals surface area contributed by atoms with Crippen molar-refractivity contribution in [2.24, 2.45) is 0 Å². The lowest BCUT2D eigenvalue weighted by Crippen LogP contribution is -2.12. The molecule has 0 saturated carbocycles. The molecule has 1 aromatic heterocycles. The van der Waals surface area contributed by atoms with Crippen LogP contribution in [0.4, 0.5) is 0 Å². The maximum atomic E-state index is 11.5. The van der Waals surface area contributed by atoms with E-state index in [9.17, 15) is 4.79 Å². The fourth-order valence-corrected chi connectivity index (χ4v) is 1.94. The molecule has 2 aromatic rings. The smallest absolute Gasteiger partial charge is 0.251 e. The molecule has 78 valence electrons. The van der Waals surface area contributed by atoms with Crippen LogP contribution in [0.1, 0.15) is 15.9 Å². The van der Waals surface area contributed by atoms with Gasteiger partial charge in [0.05, 0.1) is 5.69 Å². The Morgan fingerprint density at radius 3 is 2.88 bits per heavy atom. The van der Waals surface area contributed by atoms with Gasteiger partial charge >= 0.3 is 0 Å². The summed E-state index contributed by atoms with van der Waals surface area (Å²) in [6, 6.07) is 7.53. The van der Waals surface area contributed by atoms with Gasteiger partial charge in [-0.1, -0.05) is 12.1 Å². The van der Waals surface area contributed by atoms with Gasteiger partial charge in [-0.05, 0) is 17.7 Å². The third-order valence-electron chi connectivity index (χ3n) is 2.70. The molecule has 0 spiro atoms. The van der Waals surface area contributed by atoms with Crippen molar-refractivity contribution >= 4 is 5.91 Å². The molecular formula is C12H9N3O. The number of benzene rings is 1. The molecule has 4 nitrogen and oxygen atoms in total. The van der Waals surface area contributed by atoms with E-state index in [1.165, 1.54) is 6.33 Å². The molecule has 0 unspecified atom stereocenters. The van der Waals surface area contributed by atoms with E-state index in [-0.39, 0.29) is 5.91 Å². The van der Waals surface area contributed by atoms with Gasteiger partial charge < -0.3 is 5.32 Å². The van der Waals surface area contributed by atoms with Gasteiger partial charge in [0.25, 0.3) is 5.91 Å². The lowest BCUT2D eigenvalue weighted by atomic mass is 10.0. The Hall–Kier alpha value is -2.23. The maximum absolute atomic E-state index is 11.5. The molecule has 2 heterocycles. The lowest BCUT2D eigenvalue weighted by Gasteiger charge is -2.04. The Kier molecular flexibility index (Phi) is 1.93. The molecule has 1 aliphatic heterocycles. The summed E-state index contributed by atoms with van der Waals surface area (Å²) in [7, 11) is 0. The van der Waals surface area contributed by atoms with Crippen molar-refractivity contribution < 1.29 is 4.79 Å². The Labute approximate surface area is 92.4 Å². The van der Waals surface area contributed by atoms with Crippen molar-refractivity contribution in [3.63, 3.8) is 0 Å². The summed E-state index contributed by atoms with van der Waals surface area (Å²) in [5.41, 5.74) is 3.61. The van der Waals surface area contributed by atoms with Gasteiger partial charge in [-0.2, -0.15) is 0 Å². The first-order valence-electron chi connectivity index (χ1n) is 5.03. The van der Waals surface area contributed by atoms with E-state index >= 15 is 0 Å². The average molecular weight is 211 g/mol. The lowest BCUT2D eigenvalue weighted by molar-refractivity contribution is 0.0966.